The zero-order valence-corrected chi connectivity index (χ0v) is 27.5. The number of carboxylic acid groups (broad SMARTS) is 1. The maximum Gasteiger partial charge on any atom is 0.309 e. The van der Waals surface area contributed by atoms with Gasteiger partial charge in [0.15, 0.2) is 12.3 Å². The largest absolute Gasteiger partial charge is 0.481 e. The summed E-state index contributed by atoms with van der Waals surface area (Å²) in [7, 11) is 0. The number of aliphatic carboxylic acids is 1. The molecule has 0 spiro atoms. The van der Waals surface area contributed by atoms with E-state index in [1.54, 1.807) is 0 Å². The molecule has 0 saturated carbocycles. The van der Waals surface area contributed by atoms with Gasteiger partial charge in [-0.15, -0.1) is 0 Å². The Bertz CT molecular complexity index is 2060. The molecule has 4 aromatic rings. The SMILES string of the molecule is CC1(C)C(/C=C/C=C/C=C/C=C2/N(CCC(N)=O)c3ccc4ccccc4c3C2(C)C)=[N+](CCC(=O)O)c2ccc3ccccc3c21. The predicted octanol–water partition coefficient (Wildman–Crippen LogP) is 8.07. The minimum absolute atomic E-state index is 0.0550. The van der Waals surface area contributed by atoms with Gasteiger partial charge in [0.2, 0.25) is 11.6 Å². The second kappa shape index (κ2) is 12.5. The molecule has 6 heteroatoms. The van der Waals surface area contributed by atoms with Gasteiger partial charge in [0.25, 0.3) is 0 Å². The van der Waals surface area contributed by atoms with Crippen LogP contribution in [0.2, 0.25) is 0 Å². The maximum atomic E-state index is 11.8. The third-order valence-corrected chi connectivity index (χ3v) is 9.59. The van der Waals surface area contributed by atoms with Gasteiger partial charge in [-0.05, 0) is 59.2 Å². The van der Waals surface area contributed by atoms with E-state index in [0.29, 0.717) is 13.1 Å². The van der Waals surface area contributed by atoms with Crippen LogP contribution in [-0.2, 0) is 20.4 Å². The van der Waals surface area contributed by atoms with E-state index >= 15 is 0 Å². The molecule has 6 rings (SSSR count). The topological polar surface area (TPSA) is 86.6 Å². The molecule has 47 heavy (non-hydrogen) atoms. The highest BCUT2D eigenvalue weighted by Crippen LogP contribution is 2.51. The lowest BCUT2D eigenvalue weighted by Crippen LogP contribution is -2.29. The van der Waals surface area contributed by atoms with E-state index in [-0.39, 0.29) is 29.6 Å². The smallest absolute Gasteiger partial charge is 0.309 e. The minimum Gasteiger partial charge on any atom is -0.481 e. The Kier molecular flexibility index (Phi) is 8.45. The molecule has 2 heterocycles. The lowest BCUT2D eigenvalue weighted by molar-refractivity contribution is -0.436. The monoisotopic (exact) mass is 624 g/mol. The van der Waals surface area contributed by atoms with Gasteiger partial charge in [-0.25, -0.2) is 0 Å². The van der Waals surface area contributed by atoms with E-state index in [1.807, 2.05) is 36.4 Å². The number of carbonyl (C=O) groups is 2. The first kappa shape index (κ1) is 31.7. The summed E-state index contributed by atoms with van der Waals surface area (Å²) in [6.45, 7) is 9.82. The zero-order chi connectivity index (χ0) is 33.3. The summed E-state index contributed by atoms with van der Waals surface area (Å²) in [5.41, 5.74) is 11.9. The summed E-state index contributed by atoms with van der Waals surface area (Å²) in [4.78, 5) is 25.5. The van der Waals surface area contributed by atoms with E-state index < -0.39 is 5.97 Å². The van der Waals surface area contributed by atoms with Gasteiger partial charge in [0.05, 0.1) is 5.41 Å². The van der Waals surface area contributed by atoms with Crippen LogP contribution in [-0.4, -0.2) is 40.4 Å². The highest BCUT2D eigenvalue weighted by molar-refractivity contribution is 6.07. The number of hydrogen-bond acceptors (Lipinski definition) is 3. The van der Waals surface area contributed by atoms with E-state index in [4.69, 9.17) is 5.73 Å². The van der Waals surface area contributed by atoms with Crippen molar-refractivity contribution in [2.24, 2.45) is 5.73 Å². The summed E-state index contributed by atoms with van der Waals surface area (Å²) in [5.74, 6) is -1.13. The predicted molar refractivity (Wildman–Crippen MR) is 193 cm³/mol. The number of allylic oxidation sites excluding steroid dienone is 8. The lowest BCUT2D eigenvalue weighted by Gasteiger charge is -2.26. The molecule has 0 radical (unpaired) electrons. The second-order valence-corrected chi connectivity index (χ2v) is 13.3. The normalized spacial score (nSPS) is 17.6. The van der Waals surface area contributed by atoms with Crippen LogP contribution in [0.25, 0.3) is 21.5 Å². The number of rotatable bonds is 10. The molecule has 2 aliphatic rings. The van der Waals surface area contributed by atoms with Gasteiger partial charge in [-0.1, -0.05) is 98.8 Å². The number of anilines is 1. The molecule has 0 aromatic heterocycles. The third-order valence-electron chi connectivity index (χ3n) is 9.59. The number of nitrogens with zero attached hydrogens (tertiary/aromatic N) is 2. The fraction of sp³-hybridized carbons (Fsp3) is 0.244. The van der Waals surface area contributed by atoms with Crippen LogP contribution in [0.3, 0.4) is 0 Å². The minimum atomic E-state index is -0.811. The van der Waals surface area contributed by atoms with E-state index in [2.05, 4.69) is 116 Å². The molecule has 0 bridgehead atoms. The Balaban J connectivity index is 1.28. The first-order valence-corrected chi connectivity index (χ1v) is 16.2. The van der Waals surface area contributed by atoms with Crippen LogP contribution in [0.4, 0.5) is 11.4 Å². The van der Waals surface area contributed by atoms with Gasteiger partial charge in [0.1, 0.15) is 6.42 Å². The first-order chi connectivity index (χ1) is 22.5. The number of carboxylic acids is 1. The van der Waals surface area contributed by atoms with Crippen molar-refractivity contribution in [1.29, 1.82) is 0 Å². The lowest BCUT2D eigenvalue weighted by atomic mass is 9.79. The number of nitrogens with two attached hydrogens (primary N) is 1. The Morgan fingerprint density at radius 1 is 0.766 bits per heavy atom. The number of carbonyl (C=O) groups excluding carboxylic acids is 1. The number of amides is 1. The van der Waals surface area contributed by atoms with E-state index in [0.717, 1.165) is 22.8 Å². The second-order valence-electron chi connectivity index (χ2n) is 13.3. The van der Waals surface area contributed by atoms with E-state index in [1.165, 1.54) is 32.7 Å². The van der Waals surface area contributed by atoms with Crippen molar-refractivity contribution in [1.82, 2.24) is 0 Å². The van der Waals surface area contributed by atoms with Crippen LogP contribution < -0.4 is 10.6 Å². The van der Waals surface area contributed by atoms with Crippen LogP contribution in [0.15, 0.2) is 121 Å². The molecule has 4 aromatic carbocycles. The molecule has 6 nitrogen and oxygen atoms in total. The standard InChI is InChI=1S/C41H41N3O3/c1-40(2)34(43(26-24-36(42)45)32-22-20-28-14-10-12-16-30(28)38(32)40)18-8-6-5-7-9-19-35-41(3,4)39-31-17-13-11-15-29(31)21-23-33(39)44(35)27-25-37(46)47/h5-23H,24-27H2,1-4H3,(H2-,42,45,46,47)/p+1. The van der Waals surface area contributed by atoms with Gasteiger partial charge >= 0.3 is 5.97 Å². The van der Waals surface area contributed by atoms with Crippen molar-refractivity contribution in [2.75, 3.05) is 18.0 Å². The fourth-order valence-electron chi connectivity index (χ4n) is 7.47. The average molecular weight is 625 g/mol. The Hall–Kier alpha value is -5.23. The number of primary amides is 1. The van der Waals surface area contributed by atoms with Crippen molar-refractivity contribution in [2.45, 2.75) is 51.4 Å². The van der Waals surface area contributed by atoms with Crippen molar-refractivity contribution in [3.8, 4) is 0 Å². The van der Waals surface area contributed by atoms with Crippen molar-refractivity contribution in [3.05, 3.63) is 132 Å². The maximum absolute atomic E-state index is 11.8. The molecular weight excluding hydrogens is 582 g/mol. The third kappa shape index (κ3) is 5.80. The summed E-state index contributed by atoms with van der Waals surface area (Å²) >= 11 is 0. The quantitative estimate of drug-likeness (QED) is 0.138. The first-order valence-electron chi connectivity index (χ1n) is 16.2. The molecular formula is C41H42N3O3+. The van der Waals surface area contributed by atoms with Crippen molar-refractivity contribution >= 4 is 50.5 Å². The molecule has 0 atom stereocenters. The van der Waals surface area contributed by atoms with Crippen molar-refractivity contribution in [3.63, 3.8) is 0 Å². The summed E-state index contributed by atoms with van der Waals surface area (Å²) in [6, 6.07) is 25.3. The highest BCUT2D eigenvalue weighted by Gasteiger charge is 2.45. The molecule has 0 saturated heterocycles. The molecule has 238 valence electrons. The molecule has 2 aliphatic heterocycles. The van der Waals surface area contributed by atoms with Gasteiger partial charge < -0.3 is 15.7 Å². The van der Waals surface area contributed by atoms with Crippen LogP contribution in [0.1, 0.15) is 51.7 Å². The molecule has 3 N–H and O–H groups in total. The molecule has 0 fully saturated rings. The summed E-state index contributed by atoms with van der Waals surface area (Å²) in [5, 5.41) is 14.3. The van der Waals surface area contributed by atoms with Crippen molar-refractivity contribution < 1.29 is 19.3 Å². The molecule has 0 aliphatic carbocycles. The average Bonchev–Trinajstić information content (AvgIpc) is 3.40. The Labute approximate surface area is 276 Å². The van der Waals surface area contributed by atoms with Gasteiger partial charge in [0, 0.05) is 47.5 Å². The van der Waals surface area contributed by atoms with Gasteiger partial charge in [-0.2, -0.15) is 4.58 Å². The van der Waals surface area contributed by atoms with Gasteiger partial charge in [-0.3, -0.25) is 9.59 Å². The molecule has 1 amide bonds. The molecule has 0 unspecified atom stereocenters. The Morgan fingerprint density at radius 3 is 2.06 bits per heavy atom. The van der Waals surface area contributed by atoms with Crippen LogP contribution in [0, 0.1) is 0 Å². The number of benzene rings is 4. The summed E-state index contributed by atoms with van der Waals surface area (Å²) < 4.78 is 2.16. The number of fused-ring (bicyclic) bond motifs is 6. The summed E-state index contributed by atoms with van der Waals surface area (Å²) in [6.07, 6.45) is 14.6. The Morgan fingerprint density at radius 2 is 1.38 bits per heavy atom. The zero-order valence-electron chi connectivity index (χ0n) is 27.5. The van der Waals surface area contributed by atoms with Crippen LogP contribution >= 0.6 is 0 Å². The highest BCUT2D eigenvalue weighted by atomic mass is 16.4. The number of hydrogen-bond donors (Lipinski definition) is 2. The van der Waals surface area contributed by atoms with Crippen LogP contribution in [0.5, 0.6) is 0 Å². The fourth-order valence-corrected chi connectivity index (χ4v) is 7.47. The van der Waals surface area contributed by atoms with E-state index in [9.17, 15) is 14.7 Å².